The van der Waals surface area contributed by atoms with Crippen LogP contribution < -0.4 is 4.74 Å². The Kier molecular flexibility index (Phi) is 5.80. The summed E-state index contributed by atoms with van der Waals surface area (Å²) in [5.41, 5.74) is 2.09. The van der Waals surface area contributed by atoms with E-state index in [1.54, 1.807) is 18.4 Å². The van der Waals surface area contributed by atoms with Crippen molar-refractivity contribution in [3.63, 3.8) is 0 Å². The fourth-order valence-electron chi connectivity index (χ4n) is 3.50. The average Bonchev–Trinajstić information content (AvgIpc) is 3.31. The highest BCUT2D eigenvalue weighted by molar-refractivity contribution is 7.13. The van der Waals surface area contributed by atoms with Gasteiger partial charge in [-0.2, -0.15) is 0 Å². The first kappa shape index (κ1) is 20.5. The first-order valence-corrected chi connectivity index (χ1v) is 10.5. The van der Waals surface area contributed by atoms with Gasteiger partial charge in [-0.15, -0.1) is 11.3 Å². The van der Waals surface area contributed by atoms with Crippen molar-refractivity contribution >= 4 is 29.2 Å². The minimum Gasteiger partial charge on any atom is -0.497 e. The number of imide groups is 2. The second-order valence-corrected chi connectivity index (χ2v) is 8.15. The highest BCUT2D eigenvalue weighted by Gasteiger charge is 2.42. The number of aromatic nitrogens is 1. The molecule has 0 radical (unpaired) electrons. The monoisotopic (exact) mass is 429 g/mol. The van der Waals surface area contributed by atoms with Gasteiger partial charge in [-0.25, -0.2) is 14.7 Å². The van der Waals surface area contributed by atoms with Crippen molar-refractivity contribution in [2.75, 3.05) is 47.0 Å². The van der Waals surface area contributed by atoms with Gasteiger partial charge in [-0.3, -0.25) is 24.3 Å². The number of hydrogen-bond donors (Lipinski definition) is 0. The molecule has 10 heteroatoms. The lowest BCUT2D eigenvalue weighted by Crippen LogP contribution is -2.51. The number of rotatable bonds is 6. The average molecular weight is 430 g/mol. The van der Waals surface area contributed by atoms with E-state index in [1.807, 2.05) is 29.2 Å². The molecule has 1 aromatic heterocycles. The molecule has 2 fully saturated rings. The number of hydrogen-bond acceptors (Lipinski definition) is 8. The zero-order valence-electron chi connectivity index (χ0n) is 16.9. The molecule has 0 N–H and O–H groups in total. The summed E-state index contributed by atoms with van der Waals surface area (Å²) in [6, 6.07) is 7.31. The highest BCUT2D eigenvalue weighted by atomic mass is 32.1. The predicted molar refractivity (Wildman–Crippen MR) is 111 cm³/mol. The van der Waals surface area contributed by atoms with E-state index in [4.69, 9.17) is 9.72 Å². The number of methoxy groups -OCH3 is 1. The van der Waals surface area contributed by atoms with E-state index in [-0.39, 0.29) is 6.67 Å². The van der Waals surface area contributed by atoms with Gasteiger partial charge in [0.05, 0.1) is 19.5 Å². The second-order valence-electron chi connectivity index (χ2n) is 7.29. The summed E-state index contributed by atoms with van der Waals surface area (Å²) < 4.78 is 5.20. The van der Waals surface area contributed by atoms with Crippen LogP contribution in [0.15, 0.2) is 29.6 Å². The molecule has 4 amide bonds. The number of benzene rings is 1. The molecule has 2 saturated heterocycles. The van der Waals surface area contributed by atoms with Gasteiger partial charge in [0.15, 0.2) is 0 Å². The molecule has 0 spiro atoms. The first-order valence-electron chi connectivity index (χ1n) is 9.63. The van der Waals surface area contributed by atoms with E-state index < -0.39 is 17.8 Å². The molecule has 0 unspecified atom stereocenters. The van der Waals surface area contributed by atoms with Crippen LogP contribution in [0.3, 0.4) is 0 Å². The maximum atomic E-state index is 12.0. The maximum Gasteiger partial charge on any atom is 0.335 e. The van der Waals surface area contributed by atoms with Crippen molar-refractivity contribution < 1.29 is 19.1 Å². The third-order valence-electron chi connectivity index (χ3n) is 5.33. The Balaban J connectivity index is 1.29. The van der Waals surface area contributed by atoms with Crippen LogP contribution in [0.25, 0.3) is 10.6 Å². The fourth-order valence-corrected chi connectivity index (χ4v) is 4.32. The Bertz CT molecular complexity index is 952. The molecular formula is C20H23N5O4S. The van der Waals surface area contributed by atoms with Gasteiger partial charge in [0.2, 0.25) is 0 Å². The number of carbonyl (C=O) groups excluding carboxylic acids is 3. The molecule has 2 aromatic rings. The van der Waals surface area contributed by atoms with Crippen molar-refractivity contribution in [3.05, 3.63) is 35.3 Å². The molecule has 2 aliphatic heterocycles. The molecule has 9 nitrogen and oxygen atoms in total. The zero-order chi connectivity index (χ0) is 21.3. The first-order chi connectivity index (χ1) is 14.5. The molecule has 0 saturated carbocycles. The largest absolute Gasteiger partial charge is 0.497 e. The van der Waals surface area contributed by atoms with Crippen LogP contribution in [0.2, 0.25) is 0 Å². The normalized spacial score (nSPS) is 18.5. The van der Waals surface area contributed by atoms with Gasteiger partial charge < -0.3 is 4.74 Å². The molecule has 0 aliphatic carbocycles. The van der Waals surface area contributed by atoms with E-state index in [0.717, 1.165) is 51.4 Å². The van der Waals surface area contributed by atoms with Crippen LogP contribution in [0.5, 0.6) is 5.75 Å². The Morgan fingerprint density at radius 3 is 2.27 bits per heavy atom. The predicted octanol–water partition coefficient (Wildman–Crippen LogP) is 1.31. The number of amides is 4. The molecule has 0 bridgehead atoms. The number of ether oxygens (including phenoxy) is 1. The number of thiazole rings is 1. The zero-order valence-corrected chi connectivity index (χ0v) is 17.7. The smallest absolute Gasteiger partial charge is 0.335 e. The third-order valence-corrected chi connectivity index (χ3v) is 6.27. The SMILES string of the molecule is COc1ccc(-c2nc(CN3CCN(CN4C(=O)C(=O)N(C)C4=O)CC3)cs2)cc1. The lowest BCUT2D eigenvalue weighted by atomic mass is 10.2. The quantitative estimate of drug-likeness (QED) is 0.506. The van der Waals surface area contributed by atoms with E-state index in [2.05, 4.69) is 10.3 Å². The van der Waals surface area contributed by atoms with Crippen molar-refractivity contribution in [1.29, 1.82) is 0 Å². The summed E-state index contributed by atoms with van der Waals surface area (Å²) in [5, 5.41) is 3.06. The van der Waals surface area contributed by atoms with Crippen LogP contribution in [0, 0.1) is 0 Å². The van der Waals surface area contributed by atoms with Crippen LogP contribution in [-0.4, -0.2) is 89.4 Å². The minimum atomic E-state index is -0.769. The second kappa shape index (κ2) is 8.50. The molecule has 4 rings (SSSR count). The van der Waals surface area contributed by atoms with Crippen LogP contribution in [0.1, 0.15) is 5.69 Å². The summed E-state index contributed by atoms with van der Waals surface area (Å²) in [4.78, 5) is 46.5. The fraction of sp³-hybridized carbons (Fsp3) is 0.400. The topological polar surface area (TPSA) is 86.3 Å². The lowest BCUT2D eigenvalue weighted by Gasteiger charge is -2.35. The lowest BCUT2D eigenvalue weighted by molar-refractivity contribution is -0.143. The summed E-state index contributed by atoms with van der Waals surface area (Å²) in [5.74, 6) is -0.699. The number of carbonyl (C=O) groups is 3. The van der Waals surface area contributed by atoms with Crippen molar-refractivity contribution in [1.82, 2.24) is 24.6 Å². The number of nitrogens with zero attached hydrogens (tertiary/aromatic N) is 5. The molecule has 0 atom stereocenters. The van der Waals surface area contributed by atoms with E-state index in [9.17, 15) is 14.4 Å². The summed E-state index contributed by atoms with van der Waals surface area (Å²) in [6.07, 6.45) is 0. The molecule has 158 valence electrons. The van der Waals surface area contributed by atoms with Crippen molar-refractivity contribution in [3.8, 4) is 16.3 Å². The van der Waals surface area contributed by atoms with Crippen LogP contribution >= 0.6 is 11.3 Å². The Hall–Kier alpha value is -2.82. The number of urea groups is 1. The summed E-state index contributed by atoms with van der Waals surface area (Å²) >= 11 is 1.62. The molecule has 30 heavy (non-hydrogen) atoms. The standard InChI is InChI=1S/C20H23N5O4S/c1-22-18(26)19(27)25(20(22)28)13-24-9-7-23(8-10-24)11-15-12-30-17(21-15)14-3-5-16(29-2)6-4-14/h3-6,12H,7-11,13H2,1-2H3. The minimum absolute atomic E-state index is 0.153. The van der Waals surface area contributed by atoms with E-state index >= 15 is 0 Å². The Labute approximate surface area is 178 Å². The third kappa shape index (κ3) is 4.07. The molecule has 1 aromatic carbocycles. The van der Waals surface area contributed by atoms with Gasteiger partial charge in [0, 0.05) is 50.7 Å². The van der Waals surface area contributed by atoms with E-state index in [0.29, 0.717) is 13.1 Å². The Morgan fingerprint density at radius 1 is 1.00 bits per heavy atom. The molecule has 2 aliphatic rings. The van der Waals surface area contributed by atoms with Gasteiger partial charge in [-0.1, -0.05) is 0 Å². The van der Waals surface area contributed by atoms with Gasteiger partial charge in [0.25, 0.3) is 0 Å². The number of likely N-dealkylation sites (N-methyl/N-ethyl adjacent to an activating group) is 1. The van der Waals surface area contributed by atoms with Crippen molar-refractivity contribution in [2.45, 2.75) is 6.54 Å². The van der Waals surface area contributed by atoms with E-state index in [1.165, 1.54) is 7.05 Å². The summed E-state index contributed by atoms with van der Waals surface area (Å²) in [6.45, 7) is 3.93. The Morgan fingerprint density at radius 2 is 1.67 bits per heavy atom. The van der Waals surface area contributed by atoms with Crippen LogP contribution in [-0.2, 0) is 16.1 Å². The highest BCUT2D eigenvalue weighted by Crippen LogP contribution is 2.26. The molecule has 3 heterocycles. The van der Waals surface area contributed by atoms with Crippen LogP contribution in [0.4, 0.5) is 4.79 Å². The van der Waals surface area contributed by atoms with Gasteiger partial charge >= 0.3 is 17.8 Å². The maximum absolute atomic E-state index is 12.0. The van der Waals surface area contributed by atoms with Gasteiger partial charge in [0.1, 0.15) is 10.8 Å². The van der Waals surface area contributed by atoms with Gasteiger partial charge in [-0.05, 0) is 24.3 Å². The van der Waals surface area contributed by atoms with Crippen molar-refractivity contribution in [2.24, 2.45) is 0 Å². The molecular weight excluding hydrogens is 406 g/mol. The summed E-state index contributed by atoms with van der Waals surface area (Å²) in [7, 11) is 2.98. The number of piperazine rings is 1.